The Hall–Kier alpha value is -3.30. The number of fused-ring (bicyclic) bond motifs is 2. The summed E-state index contributed by atoms with van der Waals surface area (Å²) in [5.41, 5.74) is 5.12. The van der Waals surface area contributed by atoms with E-state index in [9.17, 15) is 9.18 Å². The molecule has 2 aliphatic heterocycles. The molecule has 0 aliphatic carbocycles. The number of anilines is 1. The molecule has 3 aromatic rings. The Balaban J connectivity index is 1.76. The van der Waals surface area contributed by atoms with Gasteiger partial charge in [-0.1, -0.05) is 11.6 Å². The largest absolute Gasteiger partial charge is 0.496 e. The number of nitrogens with two attached hydrogens (primary N) is 1. The van der Waals surface area contributed by atoms with E-state index >= 15 is 8.78 Å². The number of piperazine rings is 1. The van der Waals surface area contributed by atoms with E-state index in [1.165, 1.54) is 31.4 Å². The van der Waals surface area contributed by atoms with Crippen LogP contribution in [0.1, 0.15) is 16.8 Å². The van der Waals surface area contributed by atoms with Crippen LogP contribution >= 0.6 is 11.6 Å². The zero-order chi connectivity index (χ0) is 24.1. The van der Waals surface area contributed by atoms with Crippen LogP contribution in [0, 0.1) is 17.5 Å². The molecular formula is C24H20ClF3N4O2. The summed E-state index contributed by atoms with van der Waals surface area (Å²) in [5.74, 6) is -3.75. The molecule has 0 radical (unpaired) electrons. The van der Waals surface area contributed by atoms with Gasteiger partial charge in [-0.25, -0.2) is 18.2 Å². The molecule has 1 aromatic heterocycles. The van der Waals surface area contributed by atoms with Crippen molar-refractivity contribution in [1.29, 1.82) is 0 Å². The van der Waals surface area contributed by atoms with Crippen molar-refractivity contribution in [3.63, 3.8) is 0 Å². The number of carbonyl (C=O) groups excluding carboxylic acids is 1. The molecule has 10 heteroatoms. The van der Waals surface area contributed by atoms with E-state index in [0.717, 1.165) is 19.0 Å². The summed E-state index contributed by atoms with van der Waals surface area (Å²) in [4.78, 5) is 18.6. The van der Waals surface area contributed by atoms with Crippen LogP contribution in [0.15, 0.2) is 36.4 Å². The smallest absolute Gasteiger partial charge is 0.251 e. The zero-order valence-electron chi connectivity index (χ0n) is 18.0. The number of nitrogens with zero attached hydrogens (tertiary/aromatic N) is 2. The van der Waals surface area contributed by atoms with Crippen LogP contribution in [0.4, 0.5) is 18.9 Å². The number of nitrogens with one attached hydrogen (secondary N) is 1. The van der Waals surface area contributed by atoms with Crippen LogP contribution in [0.25, 0.3) is 22.5 Å². The second kappa shape index (κ2) is 8.48. The van der Waals surface area contributed by atoms with Crippen LogP contribution in [-0.4, -0.2) is 43.2 Å². The highest BCUT2D eigenvalue weighted by molar-refractivity contribution is 6.31. The third-order valence-electron chi connectivity index (χ3n) is 6.34. The predicted octanol–water partition coefficient (Wildman–Crippen LogP) is 4.14. The maximum Gasteiger partial charge on any atom is 0.251 e. The van der Waals surface area contributed by atoms with Crippen molar-refractivity contribution in [3.05, 3.63) is 64.4 Å². The first-order chi connectivity index (χ1) is 16.3. The molecule has 6 nitrogen and oxygen atoms in total. The van der Waals surface area contributed by atoms with Crippen molar-refractivity contribution >= 4 is 23.2 Å². The minimum Gasteiger partial charge on any atom is -0.496 e. The highest BCUT2D eigenvalue weighted by Crippen LogP contribution is 2.41. The monoisotopic (exact) mass is 488 g/mol. The van der Waals surface area contributed by atoms with Gasteiger partial charge in [0.1, 0.15) is 17.3 Å². The van der Waals surface area contributed by atoms with E-state index in [1.54, 1.807) is 6.07 Å². The summed E-state index contributed by atoms with van der Waals surface area (Å²) in [6, 6.07) is 8.51. The Morgan fingerprint density at radius 3 is 2.65 bits per heavy atom. The van der Waals surface area contributed by atoms with E-state index in [4.69, 9.17) is 22.1 Å². The number of hydrogen-bond donors (Lipinski definition) is 2. The molecule has 2 fully saturated rings. The van der Waals surface area contributed by atoms with Crippen molar-refractivity contribution in [1.82, 2.24) is 10.3 Å². The molecule has 34 heavy (non-hydrogen) atoms. The molecular weight excluding hydrogens is 469 g/mol. The summed E-state index contributed by atoms with van der Waals surface area (Å²) in [6.45, 7) is 1.48. The first-order valence-electron chi connectivity index (χ1n) is 10.6. The quantitative estimate of drug-likeness (QED) is 0.564. The number of amides is 1. The van der Waals surface area contributed by atoms with Gasteiger partial charge in [0.2, 0.25) is 0 Å². The highest BCUT2D eigenvalue weighted by Gasteiger charge is 2.38. The van der Waals surface area contributed by atoms with Gasteiger partial charge in [0.05, 0.1) is 29.0 Å². The predicted molar refractivity (Wildman–Crippen MR) is 123 cm³/mol. The van der Waals surface area contributed by atoms with Crippen LogP contribution < -0.4 is 20.7 Å². The maximum absolute atomic E-state index is 15.4. The number of rotatable bonds is 5. The van der Waals surface area contributed by atoms with Crippen molar-refractivity contribution in [3.8, 4) is 28.3 Å². The minimum absolute atomic E-state index is 0.0386. The standard InChI is InChI=1S/C24H20ClF3N4O2/c1-34-19-5-3-16(25)22(28)20(19)23-21(27)15(24(29)33)8-17(31-23)14-6-11(26)2-4-18(14)32-10-12-7-13(32)9-30-12/h2-6,8,12-13,30H,7,9-10H2,1H3,(H2,29,33)/t12-,13-/m1/s1. The number of benzene rings is 2. The third kappa shape index (κ3) is 3.65. The average molecular weight is 489 g/mol. The van der Waals surface area contributed by atoms with Crippen LogP contribution in [-0.2, 0) is 0 Å². The lowest BCUT2D eigenvalue weighted by atomic mass is 10.0. The molecule has 0 spiro atoms. The Labute approximate surface area is 198 Å². The number of ether oxygens (including phenoxy) is 1. The molecule has 1 amide bonds. The third-order valence-corrected chi connectivity index (χ3v) is 6.63. The second-order valence-corrected chi connectivity index (χ2v) is 8.74. The van der Waals surface area contributed by atoms with Gasteiger partial charge in [0.25, 0.3) is 5.91 Å². The van der Waals surface area contributed by atoms with Gasteiger partial charge in [-0.2, -0.15) is 0 Å². The normalized spacial score (nSPS) is 19.0. The topological polar surface area (TPSA) is 80.5 Å². The van der Waals surface area contributed by atoms with E-state index in [1.807, 2.05) is 0 Å². The lowest BCUT2D eigenvalue weighted by molar-refractivity contribution is 0.0996. The molecule has 3 heterocycles. The Bertz CT molecular complexity index is 1320. The van der Waals surface area contributed by atoms with E-state index in [0.29, 0.717) is 23.8 Å². The summed E-state index contributed by atoms with van der Waals surface area (Å²) in [5, 5.41) is 3.12. The van der Waals surface area contributed by atoms with Crippen LogP contribution in [0.5, 0.6) is 5.75 Å². The first kappa shape index (κ1) is 22.5. The van der Waals surface area contributed by atoms with E-state index < -0.39 is 34.6 Å². The lowest BCUT2D eigenvalue weighted by Gasteiger charge is -2.31. The summed E-state index contributed by atoms with van der Waals surface area (Å²) >= 11 is 5.94. The van der Waals surface area contributed by atoms with Gasteiger partial charge in [0, 0.05) is 36.4 Å². The molecule has 2 aliphatic rings. The Morgan fingerprint density at radius 1 is 1.21 bits per heavy atom. The van der Waals surface area contributed by atoms with E-state index in [-0.39, 0.29) is 28.1 Å². The average Bonchev–Trinajstić information content (AvgIpc) is 3.45. The lowest BCUT2D eigenvalue weighted by Crippen LogP contribution is -2.43. The van der Waals surface area contributed by atoms with Crippen molar-refractivity contribution in [2.75, 3.05) is 25.1 Å². The van der Waals surface area contributed by atoms with Gasteiger partial charge in [0.15, 0.2) is 11.6 Å². The molecule has 2 atom stereocenters. The van der Waals surface area contributed by atoms with Gasteiger partial charge in [-0.3, -0.25) is 4.79 Å². The molecule has 0 saturated carbocycles. The summed E-state index contributed by atoms with van der Waals surface area (Å²) < 4.78 is 50.1. The molecule has 176 valence electrons. The molecule has 3 N–H and O–H groups in total. The summed E-state index contributed by atoms with van der Waals surface area (Å²) in [7, 11) is 1.28. The van der Waals surface area contributed by atoms with Crippen molar-refractivity contribution in [2.45, 2.75) is 18.5 Å². The van der Waals surface area contributed by atoms with Gasteiger partial charge < -0.3 is 20.7 Å². The zero-order valence-corrected chi connectivity index (χ0v) is 18.8. The number of pyridine rings is 1. The molecule has 2 saturated heterocycles. The molecule has 5 rings (SSSR count). The molecule has 2 aromatic carbocycles. The summed E-state index contributed by atoms with van der Waals surface area (Å²) in [6.07, 6.45) is 0.941. The fraction of sp³-hybridized carbons (Fsp3) is 0.250. The Morgan fingerprint density at radius 2 is 2.00 bits per heavy atom. The number of aromatic nitrogens is 1. The maximum atomic E-state index is 15.4. The number of methoxy groups -OCH3 is 1. The number of primary amides is 1. The van der Waals surface area contributed by atoms with Gasteiger partial charge in [-0.05, 0) is 42.8 Å². The number of hydrogen-bond acceptors (Lipinski definition) is 5. The fourth-order valence-corrected chi connectivity index (χ4v) is 4.91. The molecule has 2 bridgehead atoms. The van der Waals surface area contributed by atoms with Crippen LogP contribution in [0.2, 0.25) is 5.02 Å². The van der Waals surface area contributed by atoms with E-state index in [2.05, 4.69) is 15.2 Å². The van der Waals surface area contributed by atoms with Gasteiger partial charge >= 0.3 is 0 Å². The van der Waals surface area contributed by atoms with Gasteiger partial charge in [-0.15, -0.1) is 0 Å². The molecule has 0 unspecified atom stereocenters. The van der Waals surface area contributed by atoms with Crippen molar-refractivity contribution in [2.24, 2.45) is 5.73 Å². The minimum atomic E-state index is -1.13. The SMILES string of the molecule is COc1ccc(Cl)c(F)c1-c1nc(-c2cc(F)ccc2N2C[C@H]3C[C@@H]2CN3)cc(C(N)=O)c1F. The second-order valence-electron chi connectivity index (χ2n) is 8.33. The highest BCUT2D eigenvalue weighted by atomic mass is 35.5. The number of carbonyl (C=O) groups is 1. The van der Waals surface area contributed by atoms with Crippen molar-refractivity contribution < 1.29 is 22.7 Å². The Kier molecular flexibility index (Phi) is 5.61. The van der Waals surface area contributed by atoms with Crippen LogP contribution in [0.3, 0.4) is 0 Å². The first-order valence-corrected chi connectivity index (χ1v) is 11.0. The fourth-order valence-electron chi connectivity index (χ4n) is 4.76. The number of halogens is 4.